The molecule has 78 valence electrons. The lowest BCUT2D eigenvalue weighted by molar-refractivity contribution is -0.158. The molecule has 0 fully saturated rings. The maximum Gasteiger partial charge on any atom is 0.320 e. The first-order chi connectivity index (χ1) is 6.67. The van der Waals surface area contributed by atoms with Crippen LogP contribution in [0.15, 0.2) is 17.9 Å². The van der Waals surface area contributed by atoms with E-state index in [1.165, 1.54) is 14.2 Å². The first kappa shape index (κ1) is 12.5. The first-order valence-corrected chi connectivity index (χ1v) is 4.18. The van der Waals surface area contributed by atoms with Crippen molar-refractivity contribution >= 4 is 11.9 Å². The van der Waals surface area contributed by atoms with Gasteiger partial charge in [-0.05, 0) is 25.5 Å². The molecule has 0 unspecified atom stereocenters. The van der Waals surface area contributed by atoms with Crippen molar-refractivity contribution < 1.29 is 19.1 Å². The van der Waals surface area contributed by atoms with E-state index in [1.54, 1.807) is 19.1 Å². The molecule has 0 amide bonds. The van der Waals surface area contributed by atoms with Gasteiger partial charge in [0, 0.05) is 0 Å². The number of carbonyl (C=O) groups excluding carboxylic acids is 2. The van der Waals surface area contributed by atoms with Crippen LogP contribution in [0.4, 0.5) is 0 Å². The molecule has 0 saturated carbocycles. The zero-order chi connectivity index (χ0) is 11.0. The zero-order valence-corrected chi connectivity index (χ0v) is 8.57. The van der Waals surface area contributed by atoms with Gasteiger partial charge in [0.2, 0.25) is 0 Å². The van der Waals surface area contributed by atoms with Crippen LogP contribution < -0.4 is 0 Å². The zero-order valence-electron chi connectivity index (χ0n) is 8.57. The van der Waals surface area contributed by atoms with Crippen LogP contribution in [0.2, 0.25) is 0 Å². The van der Waals surface area contributed by atoms with Gasteiger partial charge in [-0.15, -0.1) is 5.73 Å². The maximum atomic E-state index is 11.1. The molecule has 0 radical (unpaired) electrons. The molecular formula is C10H14O4. The average molecular weight is 198 g/mol. The van der Waals surface area contributed by atoms with Gasteiger partial charge in [-0.25, -0.2) is 0 Å². The van der Waals surface area contributed by atoms with Crippen LogP contribution in [0.3, 0.4) is 0 Å². The second-order valence-corrected chi connectivity index (χ2v) is 2.49. The van der Waals surface area contributed by atoms with E-state index in [4.69, 9.17) is 0 Å². The highest BCUT2D eigenvalue weighted by atomic mass is 16.5. The van der Waals surface area contributed by atoms with E-state index in [-0.39, 0.29) is 6.42 Å². The topological polar surface area (TPSA) is 52.6 Å². The predicted molar refractivity (Wildman–Crippen MR) is 50.5 cm³/mol. The van der Waals surface area contributed by atoms with E-state index in [2.05, 4.69) is 15.2 Å². The second kappa shape index (κ2) is 6.92. The van der Waals surface area contributed by atoms with Crippen molar-refractivity contribution in [2.75, 3.05) is 14.2 Å². The summed E-state index contributed by atoms with van der Waals surface area (Å²) in [6.45, 7) is 1.79. The molecule has 0 aromatic carbocycles. The maximum absolute atomic E-state index is 11.1. The van der Waals surface area contributed by atoms with Crippen molar-refractivity contribution in [3.05, 3.63) is 17.9 Å². The second-order valence-electron chi connectivity index (χ2n) is 2.49. The molecule has 0 heterocycles. The summed E-state index contributed by atoms with van der Waals surface area (Å²) in [7, 11) is 2.47. The highest BCUT2D eigenvalue weighted by Crippen LogP contribution is 2.08. The molecule has 0 aromatic rings. The van der Waals surface area contributed by atoms with E-state index < -0.39 is 17.9 Å². The number of methoxy groups -OCH3 is 2. The SMILES string of the molecule is CC=C=CCC(C(=O)OC)C(=O)OC. The number of hydrogen-bond donors (Lipinski definition) is 0. The van der Waals surface area contributed by atoms with Crippen LogP contribution >= 0.6 is 0 Å². The summed E-state index contributed by atoms with van der Waals surface area (Å²) in [5.41, 5.74) is 2.77. The summed E-state index contributed by atoms with van der Waals surface area (Å²) in [5, 5.41) is 0. The third-order valence-electron chi connectivity index (χ3n) is 1.61. The van der Waals surface area contributed by atoms with E-state index in [0.29, 0.717) is 0 Å². The van der Waals surface area contributed by atoms with Gasteiger partial charge in [-0.2, -0.15) is 0 Å². The molecule has 4 heteroatoms. The Balaban J connectivity index is 4.48. The first-order valence-electron chi connectivity index (χ1n) is 4.18. The van der Waals surface area contributed by atoms with Crippen LogP contribution in [0.25, 0.3) is 0 Å². The van der Waals surface area contributed by atoms with Crippen LogP contribution in [0.1, 0.15) is 13.3 Å². The third-order valence-corrected chi connectivity index (χ3v) is 1.61. The quantitative estimate of drug-likeness (QED) is 0.385. The monoisotopic (exact) mass is 198 g/mol. The van der Waals surface area contributed by atoms with E-state index in [9.17, 15) is 9.59 Å². The van der Waals surface area contributed by atoms with Crippen LogP contribution in [-0.4, -0.2) is 26.2 Å². The highest BCUT2D eigenvalue weighted by Gasteiger charge is 2.26. The van der Waals surface area contributed by atoms with E-state index in [1.807, 2.05) is 0 Å². The average Bonchev–Trinajstić information content (AvgIpc) is 2.22. The van der Waals surface area contributed by atoms with Crippen molar-refractivity contribution in [1.82, 2.24) is 0 Å². The molecule has 0 N–H and O–H groups in total. The molecular weight excluding hydrogens is 184 g/mol. The Morgan fingerprint density at radius 3 is 2.14 bits per heavy atom. The van der Waals surface area contributed by atoms with Crippen molar-refractivity contribution in [1.29, 1.82) is 0 Å². The summed E-state index contributed by atoms with van der Waals surface area (Å²) in [6, 6.07) is 0. The number of ether oxygens (including phenoxy) is 2. The van der Waals surface area contributed by atoms with Crippen molar-refractivity contribution in [2.45, 2.75) is 13.3 Å². The summed E-state index contributed by atoms with van der Waals surface area (Å²) >= 11 is 0. The Morgan fingerprint density at radius 2 is 1.79 bits per heavy atom. The van der Waals surface area contributed by atoms with Crippen molar-refractivity contribution in [3.8, 4) is 0 Å². The van der Waals surface area contributed by atoms with Gasteiger partial charge < -0.3 is 9.47 Å². The summed E-state index contributed by atoms with van der Waals surface area (Å²) in [5.74, 6) is -2.07. The minimum atomic E-state index is -0.891. The molecule has 0 aliphatic rings. The van der Waals surface area contributed by atoms with Gasteiger partial charge in [-0.1, -0.05) is 0 Å². The van der Waals surface area contributed by atoms with E-state index >= 15 is 0 Å². The van der Waals surface area contributed by atoms with Crippen LogP contribution in [0, 0.1) is 5.92 Å². The Labute approximate surface area is 83.2 Å². The number of esters is 2. The molecule has 0 rings (SSSR count). The predicted octanol–water partition coefficient (Wildman–Crippen LogP) is 1.07. The molecule has 14 heavy (non-hydrogen) atoms. The Morgan fingerprint density at radius 1 is 1.29 bits per heavy atom. The lowest BCUT2D eigenvalue weighted by atomic mass is 10.1. The minimum Gasteiger partial charge on any atom is -0.468 e. The molecule has 0 saturated heterocycles. The Hall–Kier alpha value is -1.54. The fraction of sp³-hybridized carbons (Fsp3) is 0.500. The van der Waals surface area contributed by atoms with Gasteiger partial charge >= 0.3 is 11.9 Å². The molecule has 0 aromatic heterocycles. The van der Waals surface area contributed by atoms with Gasteiger partial charge in [0.05, 0.1) is 14.2 Å². The standard InChI is InChI=1S/C10H14O4/c1-4-5-6-7-8(9(11)13-2)10(12)14-3/h4,6,8H,7H2,1-3H3. The van der Waals surface area contributed by atoms with Gasteiger partial charge in [-0.3, -0.25) is 9.59 Å². The number of carbonyl (C=O) groups is 2. The van der Waals surface area contributed by atoms with Crippen molar-refractivity contribution in [3.63, 3.8) is 0 Å². The molecule has 0 spiro atoms. The van der Waals surface area contributed by atoms with Gasteiger partial charge in [0.15, 0.2) is 5.92 Å². The molecule has 0 atom stereocenters. The lowest BCUT2D eigenvalue weighted by Gasteiger charge is -2.08. The van der Waals surface area contributed by atoms with Gasteiger partial charge in [0.1, 0.15) is 0 Å². The number of rotatable bonds is 4. The fourth-order valence-corrected chi connectivity index (χ4v) is 0.877. The molecule has 0 aliphatic carbocycles. The minimum absolute atomic E-state index is 0.240. The van der Waals surface area contributed by atoms with Crippen molar-refractivity contribution in [2.24, 2.45) is 5.92 Å². The highest BCUT2D eigenvalue weighted by molar-refractivity contribution is 5.94. The Bertz CT molecular complexity index is 245. The molecule has 0 bridgehead atoms. The number of allylic oxidation sites excluding steroid dienone is 1. The summed E-state index contributed by atoms with van der Waals surface area (Å²) in [4.78, 5) is 22.3. The fourth-order valence-electron chi connectivity index (χ4n) is 0.877. The lowest BCUT2D eigenvalue weighted by Crippen LogP contribution is -2.25. The Kier molecular flexibility index (Phi) is 6.16. The van der Waals surface area contributed by atoms with Gasteiger partial charge in [0.25, 0.3) is 0 Å². The molecule has 4 nitrogen and oxygen atoms in total. The van der Waals surface area contributed by atoms with Crippen LogP contribution in [-0.2, 0) is 19.1 Å². The number of hydrogen-bond acceptors (Lipinski definition) is 4. The summed E-state index contributed by atoms with van der Waals surface area (Å²) < 4.78 is 8.94. The van der Waals surface area contributed by atoms with E-state index in [0.717, 1.165) is 0 Å². The van der Waals surface area contributed by atoms with Crippen LogP contribution in [0.5, 0.6) is 0 Å². The largest absolute Gasteiger partial charge is 0.468 e. The molecule has 0 aliphatic heterocycles. The summed E-state index contributed by atoms with van der Waals surface area (Å²) in [6.07, 6.45) is 3.52. The normalized spacial score (nSPS) is 8.86. The smallest absolute Gasteiger partial charge is 0.320 e. The third kappa shape index (κ3) is 3.92.